The molecule has 130 valence electrons. The second kappa shape index (κ2) is 7.74. The van der Waals surface area contributed by atoms with Gasteiger partial charge < -0.3 is 14.9 Å². The van der Waals surface area contributed by atoms with Crippen LogP contribution in [0.25, 0.3) is 11.4 Å². The van der Waals surface area contributed by atoms with Crippen molar-refractivity contribution in [1.29, 1.82) is 0 Å². The Morgan fingerprint density at radius 3 is 2.88 bits per heavy atom. The minimum Gasteiger partial charge on any atom is -0.506 e. The van der Waals surface area contributed by atoms with Crippen LogP contribution in [0.5, 0.6) is 5.75 Å². The molecule has 0 saturated carbocycles. The Morgan fingerprint density at radius 2 is 2.12 bits per heavy atom. The molecule has 25 heavy (non-hydrogen) atoms. The first-order valence-electron chi connectivity index (χ1n) is 8.24. The highest BCUT2D eigenvalue weighted by Crippen LogP contribution is 2.22. The first-order valence-corrected chi connectivity index (χ1v) is 8.24. The summed E-state index contributed by atoms with van der Waals surface area (Å²) in [5.41, 5.74) is 2.58. The first kappa shape index (κ1) is 16.9. The van der Waals surface area contributed by atoms with Crippen LogP contribution in [0.4, 0.5) is 0 Å². The monoisotopic (exact) mass is 341 g/mol. The third-order valence-electron chi connectivity index (χ3n) is 4.11. The summed E-state index contributed by atoms with van der Waals surface area (Å²) >= 11 is 0. The Bertz CT molecular complexity index is 793. The molecule has 2 N–H and O–H groups in total. The molecule has 1 amide bonds. The molecule has 0 unspecified atom stereocenters. The van der Waals surface area contributed by atoms with Crippen molar-refractivity contribution in [1.82, 2.24) is 15.5 Å². The van der Waals surface area contributed by atoms with Gasteiger partial charge in [0.2, 0.25) is 5.91 Å². The van der Waals surface area contributed by atoms with Gasteiger partial charge in [-0.1, -0.05) is 5.16 Å². The van der Waals surface area contributed by atoms with E-state index in [1.807, 2.05) is 0 Å². The zero-order valence-electron chi connectivity index (χ0n) is 13.7. The lowest BCUT2D eigenvalue weighted by molar-refractivity contribution is -0.120. The summed E-state index contributed by atoms with van der Waals surface area (Å²) in [6.07, 6.45) is 6.25. The molecule has 2 aromatic rings. The number of carbonyl (C=O) groups excluding carboxylic acids is 2. The molecule has 0 atom stereocenters. The SMILES string of the molecule is O=CC1=C(NC(=O)CCc2cc(-c3ccc(O)cn3)no2)CCCC1. The second-order valence-corrected chi connectivity index (χ2v) is 5.96. The summed E-state index contributed by atoms with van der Waals surface area (Å²) in [5.74, 6) is 0.515. The minimum atomic E-state index is -0.142. The van der Waals surface area contributed by atoms with Crippen LogP contribution >= 0.6 is 0 Å². The molecule has 0 bridgehead atoms. The topological polar surface area (TPSA) is 105 Å². The molecule has 0 aromatic carbocycles. The lowest BCUT2D eigenvalue weighted by Crippen LogP contribution is -2.26. The van der Waals surface area contributed by atoms with Crippen LogP contribution in [-0.4, -0.2) is 27.4 Å². The Kier molecular flexibility index (Phi) is 5.23. The number of rotatable bonds is 6. The van der Waals surface area contributed by atoms with Crippen LogP contribution in [0.1, 0.15) is 37.9 Å². The molecule has 2 aromatic heterocycles. The number of amides is 1. The fourth-order valence-electron chi connectivity index (χ4n) is 2.76. The molecule has 0 radical (unpaired) electrons. The smallest absolute Gasteiger partial charge is 0.224 e. The van der Waals surface area contributed by atoms with Gasteiger partial charge in [-0.2, -0.15) is 0 Å². The van der Waals surface area contributed by atoms with Gasteiger partial charge in [-0.05, 0) is 37.8 Å². The van der Waals surface area contributed by atoms with E-state index in [9.17, 15) is 14.7 Å². The molecule has 0 spiro atoms. The standard InChI is InChI=1S/C18H19N3O4/c22-11-12-3-1-2-4-15(12)20-18(24)8-6-14-9-17(21-25-14)16-7-5-13(23)10-19-16/h5,7,9-11,23H,1-4,6,8H2,(H,20,24). The molecule has 0 fully saturated rings. The summed E-state index contributed by atoms with van der Waals surface area (Å²) in [4.78, 5) is 27.2. The van der Waals surface area contributed by atoms with Gasteiger partial charge in [-0.25, -0.2) is 0 Å². The Balaban J connectivity index is 1.57. The maximum atomic E-state index is 12.1. The number of hydrogen-bond donors (Lipinski definition) is 2. The Morgan fingerprint density at radius 1 is 1.28 bits per heavy atom. The van der Waals surface area contributed by atoms with Crippen molar-refractivity contribution in [3.63, 3.8) is 0 Å². The van der Waals surface area contributed by atoms with Crippen molar-refractivity contribution >= 4 is 12.2 Å². The highest BCUT2D eigenvalue weighted by molar-refractivity contribution is 5.81. The summed E-state index contributed by atoms with van der Waals surface area (Å²) < 4.78 is 5.23. The number of carbonyl (C=O) groups is 2. The van der Waals surface area contributed by atoms with Gasteiger partial charge in [0.25, 0.3) is 0 Å². The third-order valence-corrected chi connectivity index (χ3v) is 4.11. The summed E-state index contributed by atoms with van der Waals surface area (Å²) in [5, 5.41) is 16.0. The number of hydrogen-bond acceptors (Lipinski definition) is 6. The van der Waals surface area contributed by atoms with Crippen molar-refractivity contribution in [3.8, 4) is 17.1 Å². The molecular weight excluding hydrogens is 322 g/mol. The quantitative estimate of drug-likeness (QED) is 0.782. The average molecular weight is 341 g/mol. The Hall–Kier alpha value is -2.96. The highest BCUT2D eigenvalue weighted by Gasteiger charge is 2.15. The molecule has 1 aliphatic carbocycles. The van der Waals surface area contributed by atoms with Gasteiger partial charge in [0.05, 0.1) is 11.9 Å². The number of nitrogens with one attached hydrogen (secondary N) is 1. The fraction of sp³-hybridized carbons (Fsp3) is 0.333. The average Bonchev–Trinajstić information content (AvgIpc) is 3.10. The minimum absolute atomic E-state index is 0.0795. The van der Waals surface area contributed by atoms with Crippen molar-refractivity contribution in [3.05, 3.63) is 41.4 Å². The molecule has 0 saturated heterocycles. The van der Waals surface area contributed by atoms with Gasteiger partial charge >= 0.3 is 0 Å². The van der Waals surface area contributed by atoms with Gasteiger partial charge in [-0.3, -0.25) is 14.6 Å². The lowest BCUT2D eigenvalue weighted by Gasteiger charge is -2.17. The molecule has 0 aliphatic heterocycles. The van der Waals surface area contributed by atoms with E-state index in [2.05, 4.69) is 15.5 Å². The van der Waals surface area contributed by atoms with E-state index in [0.717, 1.165) is 37.7 Å². The molecular formula is C18H19N3O4. The van der Waals surface area contributed by atoms with Crippen LogP contribution in [0, 0.1) is 0 Å². The fourth-order valence-corrected chi connectivity index (χ4v) is 2.76. The highest BCUT2D eigenvalue weighted by atomic mass is 16.5. The van der Waals surface area contributed by atoms with Gasteiger partial charge in [0.1, 0.15) is 23.5 Å². The van der Waals surface area contributed by atoms with Crippen molar-refractivity contribution in [2.24, 2.45) is 0 Å². The molecule has 7 nitrogen and oxygen atoms in total. The molecule has 2 heterocycles. The van der Waals surface area contributed by atoms with E-state index in [-0.39, 0.29) is 18.1 Å². The van der Waals surface area contributed by atoms with Crippen molar-refractivity contribution in [2.75, 3.05) is 0 Å². The van der Waals surface area contributed by atoms with Crippen LogP contribution in [0.3, 0.4) is 0 Å². The van der Waals surface area contributed by atoms with Crippen LogP contribution < -0.4 is 5.32 Å². The van der Waals surface area contributed by atoms with E-state index < -0.39 is 0 Å². The van der Waals surface area contributed by atoms with E-state index in [1.54, 1.807) is 12.1 Å². The number of nitrogens with zero attached hydrogens (tertiary/aromatic N) is 2. The van der Waals surface area contributed by atoms with Crippen molar-refractivity contribution in [2.45, 2.75) is 38.5 Å². The van der Waals surface area contributed by atoms with Gasteiger partial charge in [0.15, 0.2) is 0 Å². The number of aryl methyl sites for hydroxylation is 1. The largest absolute Gasteiger partial charge is 0.506 e. The molecule has 1 aliphatic rings. The number of aromatic nitrogens is 2. The molecule has 3 rings (SSSR count). The summed E-state index contributed by atoms with van der Waals surface area (Å²) in [6.45, 7) is 0. The van der Waals surface area contributed by atoms with Crippen LogP contribution in [-0.2, 0) is 16.0 Å². The summed E-state index contributed by atoms with van der Waals surface area (Å²) in [7, 11) is 0. The number of aromatic hydroxyl groups is 1. The van der Waals surface area contributed by atoms with Crippen LogP contribution in [0.2, 0.25) is 0 Å². The van der Waals surface area contributed by atoms with E-state index in [0.29, 0.717) is 29.1 Å². The molecule has 7 heteroatoms. The maximum Gasteiger partial charge on any atom is 0.224 e. The first-order chi connectivity index (χ1) is 12.2. The zero-order chi connectivity index (χ0) is 17.6. The van der Waals surface area contributed by atoms with E-state index in [4.69, 9.17) is 4.52 Å². The number of aldehydes is 1. The van der Waals surface area contributed by atoms with E-state index >= 15 is 0 Å². The predicted molar refractivity (Wildman–Crippen MR) is 89.4 cm³/mol. The van der Waals surface area contributed by atoms with Crippen LogP contribution in [0.15, 0.2) is 40.2 Å². The normalized spacial score (nSPS) is 14.4. The van der Waals surface area contributed by atoms with Crippen molar-refractivity contribution < 1.29 is 19.2 Å². The second-order valence-electron chi connectivity index (χ2n) is 5.96. The van der Waals surface area contributed by atoms with E-state index in [1.165, 1.54) is 12.3 Å². The van der Waals surface area contributed by atoms with Gasteiger partial charge in [-0.15, -0.1) is 0 Å². The number of pyridine rings is 1. The zero-order valence-corrected chi connectivity index (χ0v) is 13.7. The maximum absolute atomic E-state index is 12.1. The third kappa shape index (κ3) is 4.32. The van der Waals surface area contributed by atoms with Gasteiger partial charge in [0, 0.05) is 30.2 Å². The lowest BCUT2D eigenvalue weighted by atomic mass is 9.97. The number of allylic oxidation sites excluding steroid dienone is 2. The predicted octanol–water partition coefficient (Wildman–Crippen LogP) is 2.52. The summed E-state index contributed by atoms with van der Waals surface area (Å²) in [6, 6.07) is 4.89. The Labute approximate surface area is 144 Å².